The molecule has 0 fully saturated rings. The minimum absolute atomic E-state index is 0.0935. The molecule has 0 aliphatic heterocycles. The van der Waals surface area contributed by atoms with Crippen LogP contribution in [0.5, 0.6) is 11.6 Å². The Morgan fingerprint density at radius 2 is 2.14 bits per heavy atom. The number of halogens is 2. The van der Waals surface area contributed by atoms with Gasteiger partial charge in [0, 0.05) is 17.8 Å². The Balaban J connectivity index is 2.38. The average Bonchev–Trinajstić information content (AvgIpc) is 2.43. The predicted molar refractivity (Wildman–Crippen MR) is 79.4 cm³/mol. The number of aryl methyl sites for hydroxylation is 1. The standard InChI is InChI=1S/C15H13BrFNO3/c1-2-3-11-6-9(15(19)20)7-14(18-11)21-13-8-10(17)4-5-12(13)16/h4-8H,2-3H2,1H3,(H,19,20). The van der Waals surface area contributed by atoms with Gasteiger partial charge >= 0.3 is 5.97 Å². The van der Waals surface area contributed by atoms with Gasteiger partial charge in [-0.2, -0.15) is 0 Å². The highest BCUT2D eigenvalue weighted by molar-refractivity contribution is 9.10. The van der Waals surface area contributed by atoms with Crippen LogP contribution in [0.1, 0.15) is 29.4 Å². The fourth-order valence-electron chi connectivity index (χ4n) is 1.79. The summed E-state index contributed by atoms with van der Waals surface area (Å²) in [6, 6.07) is 6.84. The molecule has 110 valence electrons. The molecule has 0 saturated heterocycles. The largest absolute Gasteiger partial charge is 0.478 e. The minimum atomic E-state index is -1.06. The lowest BCUT2D eigenvalue weighted by Crippen LogP contribution is -2.02. The third-order valence-corrected chi connectivity index (χ3v) is 3.37. The van der Waals surface area contributed by atoms with Crippen LogP contribution in [0.15, 0.2) is 34.8 Å². The Morgan fingerprint density at radius 1 is 1.38 bits per heavy atom. The van der Waals surface area contributed by atoms with E-state index in [2.05, 4.69) is 20.9 Å². The van der Waals surface area contributed by atoms with Crippen molar-refractivity contribution in [3.05, 3.63) is 51.9 Å². The van der Waals surface area contributed by atoms with E-state index in [1.165, 1.54) is 30.3 Å². The molecule has 1 aromatic heterocycles. The molecule has 0 atom stereocenters. The molecule has 2 aromatic rings. The van der Waals surface area contributed by atoms with Crippen LogP contribution in [-0.2, 0) is 6.42 Å². The number of aromatic nitrogens is 1. The average molecular weight is 354 g/mol. The maximum atomic E-state index is 13.2. The van der Waals surface area contributed by atoms with Crippen LogP contribution < -0.4 is 4.74 Å². The third-order valence-electron chi connectivity index (χ3n) is 2.72. The zero-order chi connectivity index (χ0) is 15.4. The second kappa shape index (κ2) is 6.67. The first-order valence-electron chi connectivity index (χ1n) is 6.36. The van der Waals surface area contributed by atoms with Crippen LogP contribution in [0, 0.1) is 5.82 Å². The van der Waals surface area contributed by atoms with Gasteiger partial charge in [0.25, 0.3) is 0 Å². The van der Waals surface area contributed by atoms with Gasteiger partial charge in [0.15, 0.2) is 0 Å². The van der Waals surface area contributed by atoms with E-state index in [4.69, 9.17) is 9.84 Å². The van der Waals surface area contributed by atoms with Crippen molar-refractivity contribution in [3.8, 4) is 11.6 Å². The van der Waals surface area contributed by atoms with Crippen molar-refractivity contribution in [1.82, 2.24) is 4.98 Å². The normalized spacial score (nSPS) is 10.4. The van der Waals surface area contributed by atoms with Gasteiger partial charge in [0.05, 0.1) is 10.0 Å². The molecule has 0 saturated carbocycles. The summed E-state index contributed by atoms with van der Waals surface area (Å²) in [6.45, 7) is 1.97. The Labute approximate surface area is 129 Å². The van der Waals surface area contributed by atoms with Crippen LogP contribution in [0.25, 0.3) is 0 Å². The lowest BCUT2D eigenvalue weighted by molar-refractivity contribution is 0.0696. The summed E-state index contributed by atoms with van der Waals surface area (Å²) in [5.41, 5.74) is 0.718. The fraction of sp³-hybridized carbons (Fsp3) is 0.200. The minimum Gasteiger partial charge on any atom is -0.478 e. The highest BCUT2D eigenvalue weighted by atomic mass is 79.9. The van der Waals surface area contributed by atoms with Crippen molar-refractivity contribution in [2.45, 2.75) is 19.8 Å². The summed E-state index contributed by atoms with van der Waals surface area (Å²) >= 11 is 3.25. The highest BCUT2D eigenvalue weighted by Crippen LogP contribution is 2.30. The Morgan fingerprint density at radius 3 is 2.81 bits per heavy atom. The molecule has 1 N–H and O–H groups in total. The first-order chi connectivity index (χ1) is 9.99. The maximum Gasteiger partial charge on any atom is 0.335 e. The van der Waals surface area contributed by atoms with Crippen molar-refractivity contribution in [2.24, 2.45) is 0 Å². The van der Waals surface area contributed by atoms with Crippen molar-refractivity contribution in [2.75, 3.05) is 0 Å². The molecule has 6 heteroatoms. The number of ether oxygens (including phenoxy) is 1. The highest BCUT2D eigenvalue weighted by Gasteiger charge is 2.11. The summed E-state index contributed by atoms with van der Waals surface area (Å²) in [5, 5.41) is 9.11. The molecule has 0 unspecified atom stereocenters. The van der Waals surface area contributed by atoms with E-state index in [0.717, 1.165) is 6.42 Å². The Kier molecular flexibility index (Phi) is 4.90. The number of hydrogen-bond donors (Lipinski definition) is 1. The van der Waals surface area contributed by atoms with Crippen LogP contribution >= 0.6 is 15.9 Å². The Hall–Kier alpha value is -1.95. The Bertz CT molecular complexity index is 676. The zero-order valence-corrected chi connectivity index (χ0v) is 12.9. The summed E-state index contributed by atoms with van der Waals surface area (Å²) < 4.78 is 19.3. The van der Waals surface area contributed by atoms with Crippen molar-refractivity contribution in [1.29, 1.82) is 0 Å². The van der Waals surface area contributed by atoms with Crippen molar-refractivity contribution in [3.63, 3.8) is 0 Å². The van der Waals surface area contributed by atoms with E-state index < -0.39 is 11.8 Å². The van der Waals surface area contributed by atoms with Gasteiger partial charge in [0.1, 0.15) is 11.6 Å². The third kappa shape index (κ3) is 4.01. The molecule has 21 heavy (non-hydrogen) atoms. The van der Waals surface area contributed by atoms with Gasteiger partial charge in [-0.25, -0.2) is 14.2 Å². The van der Waals surface area contributed by atoms with Gasteiger partial charge in [0.2, 0.25) is 5.88 Å². The quantitative estimate of drug-likeness (QED) is 0.863. The van der Waals surface area contributed by atoms with Gasteiger partial charge in [-0.1, -0.05) is 13.3 Å². The number of carboxylic acids is 1. The van der Waals surface area contributed by atoms with E-state index in [-0.39, 0.29) is 17.2 Å². The molecule has 0 aliphatic rings. The molecule has 2 rings (SSSR count). The summed E-state index contributed by atoms with van der Waals surface area (Å²) in [6.07, 6.45) is 1.47. The second-order valence-corrected chi connectivity index (χ2v) is 5.27. The summed E-state index contributed by atoms with van der Waals surface area (Å²) in [7, 11) is 0. The fourth-order valence-corrected chi connectivity index (χ4v) is 2.12. The van der Waals surface area contributed by atoms with Crippen LogP contribution in [-0.4, -0.2) is 16.1 Å². The number of carbonyl (C=O) groups is 1. The molecule has 0 bridgehead atoms. The van der Waals surface area contributed by atoms with Gasteiger partial charge in [-0.05, 0) is 40.5 Å². The molecule has 0 radical (unpaired) electrons. The van der Waals surface area contributed by atoms with E-state index in [9.17, 15) is 9.18 Å². The molecule has 0 amide bonds. The van der Waals surface area contributed by atoms with Crippen molar-refractivity contribution >= 4 is 21.9 Å². The zero-order valence-electron chi connectivity index (χ0n) is 11.3. The number of benzene rings is 1. The lowest BCUT2D eigenvalue weighted by Gasteiger charge is -2.09. The van der Waals surface area contributed by atoms with Crippen LogP contribution in [0.2, 0.25) is 0 Å². The van der Waals surface area contributed by atoms with E-state index in [1.54, 1.807) is 0 Å². The molecular formula is C15H13BrFNO3. The van der Waals surface area contributed by atoms with Gasteiger partial charge in [-0.3, -0.25) is 0 Å². The second-order valence-electron chi connectivity index (χ2n) is 4.42. The number of aromatic carboxylic acids is 1. The van der Waals surface area contributed by atoms with Crippen molar-refractivity contribution < 1.29 is 19.0 Å². The molecule has 0 spiro atoms. The van der Waals surface area contributed by atoms with Crippen LogP contribution in [0.3, 0.4) is 0 Å². The number of hydrogen-bond acceptors (Lipinski definition) is 3. The van der Waals surface area contributed by atoms with Gasteiger partial charge < -0.3 is 9.84 Å². The molecular weight excluding hydrogens is 341 g/mol. The van der Waals surface area contributed by atoms with Crippen LogP contribution in [0.4, 0.5) is 4.39 Å². The number of pyridine rings is 1. The number of nitrogens with zero attached hydrogens (tertiary/aromatic N) is 1. The molecule has 0 aliphatic carbocycles. The number of carboxylic acid groups (broad SMARTS) is 1. The maximum absolute atomic E-state index is 13.2. The molecule has 4 nitrogen and oxygen atoms in total. The first kappa shape index (κ1) is 15.4. The first-order valence-corrected chi connectivity index (χ1v) is 7.16. The topological polar surface area (TPSA) is 59.4 Å². The van der Waals surface area contributed by atoms with E-state index in [0.29, 0.717) is 16.6 Å². The summed E-state index contributed by atoms with van der Waals surface area (Å²) in [5.74, 6) is -1.13. The summed E-state index contributed by atoms with van der Waals surface area (Å²) in [4.78, 5) is 15.4. The lowest BCUT2D eigenvalue weighted by atomic mass is 10.1. The van der Waals surface area contributed by atoms with E-state index >= 15 is 0 Å². The smallest absolute Gasteiger partial charge is 0.335 e. The van der Waals surface area contributed by atoms with E-state index in [1.807, 2.05) is 6.92 Å². The SMILES string of the molecule is CCCc1cc(C(=O)O)cc(Oc2cc(F)ccc2Br)n1. The monoisotopic (exact) mass is 353 g/mol. The predicted octanol–water partition coefficient (Wildman–Crippen LogP) is 4.43. The number of rotatable bonds is 5. The molecule has 1 heterocycles. The van der Waals surface area contributed by atoms with Gasteiger partial charge in [-0.15, -0.1) is 0 Å². The molecule has 1 aromatic carbocycles.